The Morgan fingerprint density at radius 3 is 2.92 bits per heavy atom. The lowest BCUT2D eigenvalue weighted by molar-refractivity contribution is -0.761. The van der Waals surface area contributed by atoms with E-state index in [9.17, 15) is 0 Å². The molecule has 2 fully saturated rings. The van der Waals surface area contributed by atoms with Crippen molar-refractivity contribution in [1.82, 2.24) is 0 Å². The standard InChI is InChI=1S/C23H24N/c1-2-12-24-20(9-1)18-11-10-15-13-14-5-3-7-17-16-6-4-8-19(16)23(24,21(14)17)22(15)18/h1-3,5,7,9,12,15-16,18-19,22H,4,6,8,10-11,13H2/q+1. The summed E-state index contributed by atoms with van der Waals surface area (Å²) in [4.78, 5) is 0. The van der Waals surface area contributed by atoms with Gasteiger partial charge < -0.3 is 0 Å². The molecule has 0 amide bonds. The zero-order valence-electron chi connectivity index (χ0n) is 14.1. The van der Waals surface area contributed by atoms with Gasteiger partial charge in [-0.15, -0.1) is 0 Å². The molecule has 1 spiro atoms. The van der Waals surface area contributed by atoms with Crippen LogP contribution in [0.15, 0.2) is 42.6 Å². The molecule has 1 heteroatoms. The van der Waals surface area contributed by atoms with Gasteiger partial charge in [-0.25, -0.2) is 0 Å². The van der Waals surface area contributed by atoms with Crippen molar-refractivity contribution < 1.29 is 4.57 Å². The average Bonchev–Trinajstić information content (AvgIpc) is 3.35. The fraction of sp³-hybridized carbons (Fsp3) is 0.522. The lowest BCUT2D eigenvalue weighted by Crippen LogP contribution is -2.63. The van der Waals surface area contributed by atoms with Gasteiger partial charge in [-0.05, 0) is 55.1 Å². The van der Waals surface area contributed by atoms with Crippen LogP contribution in [0, 0.1) is 17.8 Å². The molecule has 0 radical (unpaired) electrons. The maximum absolute atomic E-state index is 2.80. The highest BCUT2D eigenvalue weighted by Gasteiger charge is 2.74. The number of hydrogen-bond donors (Lipinski definition) is 0. The van der Waals surface area contributed by atoms with Crippen LogP contribution < -0.4 is 4.57 Å². The number of hydrogen-bond acceptors (Lipinski definition) is 0. The fourth-order valence-electron chi connectivity index (χ4n) is 8.19. The van der Waals surface area contributed by atoms with E-state index >= 15 is 0 Å². The van der Waals surface area contributed by atoms with Crippen molar-refractivity contribution in [2.45, 2.75) is 55.9 Å². The van der Waals surface area contributed by atoms with Crippen LogP contribution in [0.3, 0.4) is 0 Å². The van der Waals surface area contributed by atoms with Gasteiger partial charge in [0.25, 0.3) is 0 Å². The molecule has 120 valence electrons. The molecule has 7 rings (SSSR count). The Hall–Kier alpha value is -1.63. The first kappa shape index (κ1) is 12.7. The zero-order valence-corrected chi connectivity index (χ0v) is 14.1. The zero-order chi connectivity index (χ0) is 15.5. The van der Waals surface area contributed by atoms with Crippen molar-refractivity contribution in [1.29, 1.82) is 0 Å². The van der Waals surface area contributed by atoms with Crippen molar-refractivity contribution in [2.75, 3.05) is 0 Å². The summed E-state index contributed by atoms with van der Waals surface area (Å²) in [6.07, 6.45) is 11.0. The smallest absolute Gasteiger partial charge is 0.192 e. The van der Waals surface area contributed by atoms with Crippen molar-refractivity contribution in [3.05, 3.63) is 65.0 Å². The molecule has 0 bridgehead atoms. The quantitative estimate of drug-likeness (QED) is 0.639. The first-order chi connectivity index (χ1) is 11.9. The number of rotatable bonds is 0. The Bertz CT molecular complexity index is 883. The van der Waals surface area contributed by atoms with Crippen LogP contribution >= 0.6 is 0 Å². The molecule has 5 aliphatic rings. The fourth-order valence-corrected chi connectivity index (χ4v) is 8.19. The van der Waals surface area contributed by atoms with Crippen molar-refractivity contribution >= 4 is 0 Å². The molecular formula is C23H24N+. The van der Waals surface area contributed by atoms with Gasteiger partial charge in [0.2, 0.25) is 5.54 Å². The second kappa shape index (κ2) is 3.95. The molecule has 6 atom stereocenters. The van der Waals surface area contributed by atoms with Gasteiger partial charge in [-0.2, -0.15) is 4.57 Å². The first-order valence-corrected chi connectivity index (χ1v) is 10.0. The minimum Gasteiger partial charge on any atom is -0.192 e. The van der Waals surface area contributed by atoms with Crippen LogP contribution in [0.4, 0.5) is 0 Å². The summed E-state index contributed by atoms with van der Waals surface area (Å²) in [6.45, 7) is 0. The Morgan fingerprint density at radius 2 is 1.92 bits per heavy atom. The SMILES string of the molecule is c1cc2c3c(c1)C1CCCC1C31C3C(CCC3c3cccc[n+]31)C2. The molecule has 1 aromatic heterocycles. The van der Waals surface area contributed by atoms with E-state index in [1.54, 1.807) is 22.4 Å². The van der Waals surface area contributed by atoms with E-state index in [1.807, 2.05) is 0 Å². The van der Waals surface area contributed by atoms with E-state index in [0.29, 0.717) is 5.54 Å². The summed E-state index contributed by atoms with van der Waals surface area (Å²) in [5.41, 5.74) is 7.20. The van der Waals surface area contributed by atoms with E-state index < -0.39 is 0 Å². The third kappa shape index (κ3) is 1.13. The third-order valence-electron chi connectivity index (χ3n) is 8.51. The minimum absolute atomic E-state index is 0.313. The molecular weight excluding hydrogens is 290 g/mol. The molecule has 6 unspecified atom stereocenters. The van der Waals surface area contributed by atoms with Crippen molar-refractivity contribution in [3.8, 4) is 0 Å². The first-order valence-electron chi connectivity index (χ1n) is 10.0. The third-order valence-corrected chi connectivity index (χ3v) is 8.51. The lowest BCUT2D eigenvalue weighted by Gasteiger charge is -2.40. The Balaban J connectivity index is 1.66. The van der Waals surface area contributed by atoms with Gasteiger partial charge in [-0.3, -0.25) is 0 Å². The van der Waals surface area contributed by atoms with Gasteiger partial charge in [0.05, 0.1) is 5.92 Å². The highest BCUT2D eigenvalue weighted by molar-refractivity contribution is 5.52. The van der Waals surface area contributed by atoms with Gasteiger partial charge in [0.15, 0.2) is 11.9 Å². The average molecular weight is 314 g/mol. The van der Waals surface area contributed by atoms with Gasteiger partial charge in [0.1, 0.15) is 0 Å². The van der Waals surface area contributed by atoms with Crippen LogP contribution in [0.1, 0.15) is 66.3 Å². The van der Waals surface area contributed by atoms with Crippen LogP contribution in [-0.4, -0.2) is 0 Å². The Labute approximate surface area is 143 Å². The van der Waals surface area contributed by atoms with Crippen molar-refractivity contribution in [2.24, 2.45) is 17.8 Å². The molecule has 2 heterocycles. The Kier molecular flexibility index (Phi) is 2.09. The van der Waals surface area contributed by atoms with Crippen LogP contribution in [0.5, 0.6) is 0 Å². The highest BCUT2D eigenvalue weighted by Crippen LogP contribution is 2.69. The molecule has 0 saturated heterocycles. The Morgan fingerprint density at radius 1 is 0.917 bits per heavy atom. The van der Waals surface area contributed by atoms with E-state index in [2.05, 4.69) is 47.2 Å². The van der Waals surface area contributed by atoms with Gasteiger partial charge in [0, 0.05) is 29.5 Å². The van der Waals surface area contributed by atoms with Crippen LogP contribution in [-0.2, 0) is 12.0 Å². The largest absolute Gasteiger partial charge is 0.201 e. The summed E-state index contributed by atoms with van der Waals surface area (Å²) >= 11 is 0. The van der Waals surface area contributed by atoms with E-state index in [4.69, 9.17) is 0 Å². The van der Waals surface area contributed by atoms with E-state index in [1.165, 1.54) is 38.5 Å². The van der Waals surface area contributed by atoms with Gasteiger partial charge in [-0.1, -0.05) is 30.7 Å². The van der Waals surface area contributed by atoms with Crippen LogP contribution in [0.2, 0.25) is 0 Å². The number of nitrogens with zero attached hydrogens (tertiary/aromatic N) is 1. The molecule has 1 nitrogen and oxygen atoms in total. The second-order valence-electron chi connectivity index (χ2n) is 9.02. The highest BCUT2D eigenvalue weighted by atomic mass is 15.1. The normalized spacial score (nSPS) is 42.6. The predicted octanol–water partition coefficient (Wildman–Crippen LogP) is 4.29. The van der Waals surface area contributed by atoms with Crippen molar-refractivity contribution in [3.63, 3.8) is 0 Å². The summed E-state index contributed by atoms with van der Waals surface area (Å²) in [5.74, 6) is 4.30. The summed E-state index contributed by atoms with van der Waals surface area (Å²) in [6, 6.07) is 14.3. The summed E-state index contributed by atoms with van der Waals surface area (Å²) in [7, 11) is 0. The molecule has 24 heavy (non-hydrogen) atoms. The molecule has 2 saturated carbocycles. The maximum Gasteiger partial charge on any atom is 0.201 e. The topological polar surface area (TPSA) is 3.88 Å². The van der Waals surface area contributed by atoms with Gasteiger partial charge >= 0.3 is 0 Å². The lowest BCUT2D eigenvalue weighted by atomic mass is 9.62. The van der Waals surface area contributed by atoms with E-state index in [0.717, 1.165) is 29.6 Å². The maximum atomic E-state index is 2.80. The second-order valence-corrected chi connectivity index (χ2v) is 9.02. The molecule has 0 N–H and O–H groups in total. The molecule has 1 aliphatic heterocycles. The number of pyridine rings is 1. The molecule has 4 aliphatic carbocycles. The molecule has 1 aromatic carbocycles. The predicted molar refractivity (Wildman–Crippen MR) is 92.9 cm³/mol. The monoisotopic (exact) mass is 314 g/mol. The van der Waals surface area contributed by atoms with E-state index in [-0.39, 0.29) is 0 Å². The summed E-state index contributed by atoms with van der Waals surface area (Å²) < 4.78 is 2.80. The number of aromatic nitrogens is 1. The van der Waals surface area contributed by atoms with Crippen LogP contribution in [0.25, 0.3) is 0 Å². The number of benzene rings is 1. The molecule has 2 aromatic rings. The number of fused-ring (bicyclic) bond motifs is 4. The minimum atomic E-state index is 0.313. The summed E-state index contributed by atoms with van der Waals surface area (Å²) in [5, 5.41) is 0.